The van der Waals surface area contributed by atoms with E-state index >= 15 is 0 Å². The Morgan fingerprint density at radius 1 is 1.07 bits per heavy atom. The summed E-state index contributed by atoms with van der Waals surface area (Å²) in [5.41, 5.74) is 5.38. The second kappa shape index (κ2) is 8.00. The van der Waals surface area contributed by atoms with E-state index in [0.717, 1.165) is 34.5 Å². The number of rotatable bonds is 3. The number of carbonyl (C=O) groups is 1. The first-order valence-electron chi connectivity index (χ1n) is 9.92. The molecule has 0 aliphatic carbocycles. The molecule has 3 aromatic carbocycles. The number of anilines is 2. The number of nitrogens with zero attached hydrogens (tertiary/aromatic N) is 2. The van der Waals surface area contributed by atoms with Crippen molar-refractivity contribution in [1.82, 2.24) is 0 Å². The lowest BCUT2D eigenvalue weighted by Gasteiger charge is -2.39. The lowest BCUT2D eigenvalue weighted by atomic mass is 9.88. The maximum Gasteiger partial charge on any atom is 0.224 e. The van der Waals surface area contributed by atoms with E-state index in [2.05, 4.69) is 17.5 Å². The van der Waals surface area contributed by atoms with Gasteiger partial charge in [0.05, 0.1) is 17.7 Å². The summed E-state index contributed by atoms with van der Waals surface area (Å²) in [5.74, 6) is -0.265. The molecule has 0 spiro atoms. The normalized spacial score (nSPS) is 17.7. The van der Waals surface area contributed by atoms with Crippen molar-refractivity contribution in [1.29, 1.82) is 5.26 Å². The van der Waals surface area contributed by atoms with Crippen molar-refractivity contribution in [2.75, 3.05) is 10.2 Å². The summed E-state index contributed by atoms with van der Waals surface area (Å²) in [5, 5.41) is 12.5. The van der Waals surface area contributed by atoms with Gasteiger partial charge in [0.25, 0.3) is 0 Å². The third-order valence-corrected chi connectivity index (χ3v) is 5.55. The standard InChI is InChI=1S/C25H22FN3O/c1-16-13-24(28-22-10-8-21(26)9-11-22)23-14-20(7-12-25(23)29(16)17(2)30)19-5-3-18(15-27)4-6-19/h3-12,14,16,24,28H,13H2,1-2H3. The largest absolute Gasteiger partial charge is 0.378 e. The predicted molar refractivity (Wildman–Crippen MR) is 117 cm³/mol. The van der Waals surface area contributed by atoms with Crippen molar-refractivity contribution in [3.63, 3.8) is 0 Å². The van der Waals surface area contributed by atoms with Crippen LogP contribution in [0.1, 0.15) is 37.4 Å². The molecular weight excluding hydrogens is 377 g/mol. The van der Waals surface area contributed by atoms with E-state index in [4.69, 9.17) is 5.26 Å². The number of benzene rings is 3. The predicted octanol–water partition coefficient (Wildman–Crippen LogP) is 5.66. The molecule has 1 aliphatic heterocycles. The molecular formula is C25H22FN3O. The van der Waals surface area contributed by atoms with Gasteiger partial charge in [-0.3, -0.25) is 4.79 Å². The van der Waals surface area contributed by atoms with Crippen LogP contribution in [0.4, 0.5) is 15.8 Å². The van der Waals surface area contributed by atoms with E-state index in [-0.39, 0.29) is 23.8 Å². The van der Waals surface area contributed by atoms with Gasteiger partial charge in [-0.05, 0) is 78.6 Å². The fourth-order valence-corrected chi connectivity index (χ4v) is 4.14. The van der Waals surface area contributed by atoms with Crippen LogP contribution in [0.5, 0.6) is 0 Å². The Kier molecular flexibility index (Phi) is 5.24. The molecule has 1 amide bonds. The van der Waals surface area contributed by atoms with E-state index < -0.39 is 0 Å². The van der Waals surface area contributed by atoms with E-state index in [1.165, 1.54) is 12.1 Å². The van der Waals surface area contributed by atoms with Crippen molar-refractivity contribution in [3.8, 4) is 17.2 Å². The highest BCUT2D eigenvalue weighted by Crippen LogP contribution is 2.41. The SMILES string of the molecule is CC(=O)N1c2ccc(-c3ccc(C#N)cc3)cc2C(Nc2ccc(F)cc2)CC1C. The Hall–Kier alpha value is -3.65. The maximum atomic E-state index is 13.3. The first-order chi connectivity index (χ1) is 14.5. The van der Waals surface area contributed by atoms with Crippen molar-refractivity contribution < 1.29 is 9.18 Å². The van der Waals surface area contributed by atoms with Crippen LogP contribution >= 0.6 is 0 Å². The first kappa shape index (κ1) is 19.7. The van der Waals surface area contributed by atoms with Crippen LogP contribution in [-0.2, 0) is 4.79 Å². The van der Waals surface area contributed by atoms with Crippen LogP contribution in [0.15, 0.2) is 66.7 Å². The van der Waals surface area contributed by atoms with Crippen LogP contribution in [0, 0.1) is 17.1 Å². The zero-order valence-electron chi connectivity index (χ0n) is 16.9. The van der Waals surface area contributed by atoms with Gasteiger partial charge in [0.15, 0.2) is 0 Å². The van der Waals surface area contributed by atoms with Crippen LogP contribution < -0.4 is 10.2 Å². The van der Waals surface area contributed by atoms with Crippen LogP contribution in [-0.4, -0.2) is 11.9 Å². The summed E-state index contributed by atoms with van der Waals surface area (Å²) >= 11 is 0. The summed E-state index contributed by atoms with van der Waals surface area (Å²) in [6.07, 6.45) is 0.737. The first-order valence-corrected chi connectivity index (χ1v) is 9.92. The number of nitrogens with one attached hydrogen (secondary N) is 1. The number of hydrogen-bond donors (Lipinski definition) is 1. The molecule has 150 valence electrons. The van der Waals surface area contributed by atoms with Crippen molar-refractivity contribution >= 4 is 17.3 Å². The summed E-state index contributed by atoms with van der Waals surface area (Å²) in [6.45, 7) is 3.63. The fraction of sp³-hybridized carbons (Fsp3) is 0.200. The molecule has 4 nitrogen and oxygen atoms in total. The molecule has 2 atom stereocenters. The van der Waals surface area contributed by atoms with E-state index in [1.807, 2.05) is 36.1 Å². The lowest BCUT2D eigenvalue weighted by molar-refractivity contribution is -0.117. The van der Waals surface area contributed by atoms with E-state index in [9.17, 15) is 9.18 Å². The zero-order valence-corrected chi connectivity index (χ0v) is 16.9. The summed E-state index contributed by atoms with van der Waals surface area (Å²) in [7, 11) is 0. The van der Waals surface area contributed by atoms with Crippen molar-refractivity contribution in [3.05, 3.63) is 83.7 Å². The molecule has 2 unspecified atom stereocenters. The molecule has 4 rings (SSSR count). The van der Waals surface area contributed by atoms with Crippen molar-refractivity contribution in [2.45, 2.75) is 32.4 Å². The third-order valence-electron chi connectivity index (χ3n) is 5.55. The summed E-state index contributed by atoms with van der Waals surface area (Å²) < 4.78 is 13.3. The van der Waals surface area contributed by atoms with Crippen LogP contribution in [0.25, 0.3) is 11.1 Å². The highest BCUT2D eigenvalue weighted by Gasteiger charge is 2.32. The van der Waals surface area contributed by atoms with E-state index in [0.29, 0.717) is 5.56 Å². The molecule has 30 heavy (non-hydrogen) atoms. The smallest absolute Gasteiger partial charge is 0.224 e. The summed E-state index contributed by atoms with van der Waals surface area (Å²) in [4.78, 5) is 14.2. The van der Waals surface area contributed by atoms with Crippen molar-refractivity contribution in [2.24, 2.45) is 0 Å². The third kappa shape index (κ3) is 3.77. The van der Waals surface area contributed by atoms with Gasteiger partial charge < -0.3 is 10.2 Å². The van der Waals surface area contributed by atoms with Crippen LogP contribution in [0.2, 0.25) is 0 Å². The minimum absolute atomic E-state index is 0.00936. The molecule has 0 saturated carbocycles. The number of halogens is 1. The highest BCUT2D eigenvalue weighted by atomic mass is 19.1. The number of amides is 1. The Labute approximate surface area is 175 Å². The topological polar surface area (TPSA) is 56.1 Å². The minimum atomic E-state index is -0.274. The number of nitriles is 1. The van der Waals surface area contributed by atoms with Gasteiger partial charge in [0, 0.05) is 24.3 Å². The molecule has 1 heterocycles. The summed E-state index contributed by atoms with van der Waals surface area (Å²) in [6, 6.07) is 22.0. The van der Waals surface area contributed by atoms with Gasteiger partial charge in [-0.15, -0.1) is 0 Å². The van der Waals surface area contributed by atoms with Gasteiger partial charge in [-0.25, -0.2) is 4.39 Å². The zero-order chi connectivity index (χ0) is 21.3. The monoisotopic (exact) mass is 399 g/mol. The maximum absolute atomic E-state index is 13.3. The van der Waals surface area contributed by atoms with Gasteiger partial charge in [0.1, 0.15) is 5.82 Å². The Bertz CT molecular complexity index is 1120. The van der Waals surface area contributed by atoms with Gasteiger partial charge in [-0.2, -0.15) is 5.26 Å². The lowest BCUT2D eigenvalue weighted by Crippen LogP contribution is -2.43. The molecule has 5 heteroatoms. The fourth-order valence-electron chi connectivity index (χ4n) is 4.14. The van der Waals surface area contributed by atoms with E-state index in [1.54, 1.807) is 31.2 Å². The molecule has 0 aromatic heterocycles. The number of hydrogen-bond acceptors (Lipinski definition) is 3. The molecule has 1 N–H and O–H groups in total. The average Bonchev–Trinajstić information content (AvgIpc) is 2.75. The molecule has 3 aromatic rings. The molecule has 0 fully saturated rings. The second-order valence-electron chi connectivity index (χ2n) is 7.64. The van der Waals surface area contributed by atoms with Gasteiger partial charge in [-0.1, -0.05) is 18.2 Å². The van der Waals surface area contributed by atoms with Crippen LogP contribution in [0.3, 0.4) is 0 Å². The number of carbonyl (C=O) groups excluding carboxylic acids is 1. The van der Waals surface area contributed by atoms with Gasteiger partial charge in [0.2, 0.25) is 5.91 Å². The number of fused-ring (bicyclic) bond motifs is 1. The Morgan fingerprint density at radius 3 is 2.37 bits per heavy atom. The highest BCUT2D eigenvalue weighted by molar-refractivity contribution is 5.94. The molecule has 0 radical (unpaired) electrons. The molecule has 1 aliphatic rings. The average molecular weight is 399 g/mol. The van der Waals surface area contributed by atoms with Gasteiger partial charge >= 0.3 is 0 Å². The Morgan fingerprint density at radius 2 is 1.73 bits per heavy atom. The molecule has 0 saturated heterocycles. The molecule has 0 bridgehead atoms. The second-order valence-corrected chi connectivity index (χ2v) is 7.64. The minimum Gasteiger partial charge on any atom is -0.378 e. The quantitative estimate of drug-likeness (QED) is 0.618. The Balaban J connectivity index is 1.76.